The minimum atomic E-state index is -0.888. The lowest BCUT2D eigenvalue weighted by atomic mass is 9.87. The smallest absolute Gasteiger partial charge is 0.338 e. The number of hydrogen-bond donors (Lipinski definition) is 0. The Morgan fingerprint density at radius 3 is 2.73 bits per heavy atom. The highest BCUT2D eigenvalue weighted by molar-refractivity contribution is 5.93. The molecular formula is C22H28O8. The van der Waals surface area contributed by atoms with Gasteiger partial charge in [0.25, 0.3) is 0 Å². The van der Waals surface area contributed by atoms with E-state index in [4.69, 9.17) is 18.9 Å². The Morgan fingerprint density at radius 2 is 2.10 bits per heavy atom. The Bertz CT molecular complexity index is 808. The van der Waals surface area contributed by atoms with E-state index in [0.717, 1.165) is 6.29 Å². The highest BCUT2D eigenvalue weighted by atomic mass is 16.6. The van der Waals surface area contributed by atoms with Gasteiger partial charge < -0.3 is 18.9 Å². The fourth-order valence-electron chi connectivity index (χ4n) is 3.99. The van der Waals surface area contributed by atoms with Gasteiger partial charge >= 0.3 is 17.9 Å². The summed E-state index contributed by atoms with van der Waals surface area (Å²) in [5, 5.41) is 0. The van der Waals surface area contributed by atoms with Gasteiger partial charge in [-0.3, -0.25) is 14.4 Å². The molecule has 4 atom stereocenters. The zero-order valence-corrected chi connectivity index (χ0v) is 17.8. The van der Waals surface area contributed by atoms with E-state index in [0.29, 0.717) is 24.0 Å². The second-order valence-electron chi connectivity index (χ2n) is 8.61. The maximum atomic E-state index is 12.6. The standard InChI is InChI=1S/C22H28O8/c1-12(2)8-17(25)28-16-9-14(10-23)6-5-7-22(4)20(30-22)19-18(16)15(21(26)29-19)11-27-13(3)24/h6,10,12,16,19-20H,5,7-9,11H2,1-4H3/b14-6+/t16-,19+,20+,22+/m0/s1. The summed E-state index contributed by atoms with van der Waals surface area (Å²) in [5.41, 5.74) is 0.516. The fraction of sp³-hybridized carbons (Fsp3) is 0.636. The Morgan fingerprint density at radius 1 is 1.37 bits per heavy atom. The first-order chi connectivity index (χ1) is 14.1. The van der Waals surface area contributed by atoms with Gasteiger partial charge in [-0.1, -0.05) is 19.9 Å². The molecule has 0 bridgehead atoms. The first-order valence-corrected chi connectivity index (χ1v) is 10.2. The topological polar surface area (TPSA) is 108 Å². The molecule has 0 saturated carbocycles. The van der Waals surface area contributed by atoms with E-state index in [1.807, 2.05) is 26.8 Å². The number of carbonyl (C=O) groups excluding carboxylic acids is 4. The van der Waals surface area contributed by atoms with Crippen LogP contribution in [0.15, 0.2) is 22.8 Å². The normalized spacial score (nSPS) is 32.4. The van der Waals surface area contributed by atoms with Gasteiger partial charge in [-0.05, 0) is 31.3 Å². The molecule has 2 aliphatic heterocycles. The van der Waals surface area contributed by atoms with Crippen molar-refractivity contribution in [3.05, 3.63) is 22.8 Å². The number of aldehydes is 1. The molecule has 8 nitrogen and oxygen atoms in total. The van der Waals surface area contributed by atoms with Crippen molar-refractivity contribution in [2.75, 3.05) is 6.61 Å². The molecule has 2 heterocycles. The van der Waals surface area contributed by atoms with E-state index >= 15 is 0 Å². The van der Waals surface area contributed by atoms with Gasteiger partial charge in [0.2, 0.25) is 0 Å². The molecule has 0 aromatic heterocycles. The maximum absolute atomic E-state index is 12.6. The molecule has 1 fully saturated rings. The summed E-state index contributed by atoms with van der Waals surface area (Å²) in [7, 11) is 0. The highest BCUT2D eigenvalue weighted by Crippen LogP contribution is 2.49. The molecule has 1 aliphatic carbocycles. The van der Waals surface area contributed by atoms with Gasteiger partial charge in [-0.15, -0.1) is 0 Å². The monoisotopic (exact) mass is 420 g/mol. The fourth-order valence-corrected chi connectivity index (χ4v) is 3.99. The summed E-state index contributed by atoms with van der Waals surface area (Å²) in [6, 6.07) is 0. The van der Waals surface area contributed by atoms with E-state index in [1.54, 1.807) is 0 Å². The molecule has 0 spiro atoms. The van der Waals surface area contributed by atoms with Crippen LogP contribution < -0.4 is 0 Å². The molecule has 8 heteroatoms. The zero-order chi connectivity index (χ0) is 22.1. The van der Waals surface area contributed by atoms with Crippen molar-refractivity contribution in [1.82, 2.24) is 0 Å². The van der Waals surface area contributed by atoms with Crippen LogP contribution in [0.5, 0.6) is 0 Å². The van der Waals surface area contributed by atoms with Gasteiger partial charge in [0, 0.05) is 25.3 Å². The lowest BCUT2D eigenvalue weighted by Crippen LogP contribution is -2.33. The number of hydrogen-bond acceptors (Lipinski definition) is 8. The minimum Gasteiger partial charge on any atom is -0.461 e. The number of ether oxygens (including phenoxy) is 4. The molecule has 164 valence electrons. The number of esters is 3. The van der Waals surface area contributed by atoms with E-state index in [9.17, 15) is 19.2 Å². The molecule has 0 unspecified atom stereocenters. The number of allylic oxidation sites excluding steroid dienone is 1. The van der Waals surface area contributed by atoms with Crippen LogP contribution in [-0.4, -0.2) is 54.7 Å². The van der Waals surface area contributed by atoms with Crippen LogP contribution in [-0.2, 0) is 38.1 Å². The Kier molecular flexibility index (Phi) is 6.45. The van der Waals surface area contributed by atoms with Crippen molar-refractivity contribution in [1.29, 1.82) is 0 Å². The van der Waals surface area contributed by atoms with Crippen LogP contribution in [0.25, 0.3) is 0 Å². The van der Waals surface area contributed by atoms with Crippen LogP contribution in [0.4, 0.5) is 0 Å². The SMILES string of the molecule is CC(=O)OCC1=C2[C@@H](OC(=O)CC(C)C)C/C(C=O)=C\CC[C@@]3(C)O[C@@H]3[C@@H]2OC1=O. The van der Waals surface area contributed by atoms with Crippen molar-refractivity contribution in [2.45, 2.75) is 77.3 Å². The summed E-state index contributed by atoms with van der Waals surface area (Å²) in [6.07, 6.45) is 2.10. The molecule has 0 aromatic rings. The average molecular weight is 420 g/mol. The van der Waals surface area contributed by atoms with Crippen LogP contribution >= 0.6 is 0 Å². The van der Waals surface area contributed by atoms with Crippen LogP contribution in [0.2, 0.25) is 0 Å². The molecule has 0 N–H and O–H groups in total. The molecule has 1 saturated heterocycles. The number of carbonyl (C=O) groups is 4. The first kappa shape index (κ1) is 22.2. The van der Waals surface area contributed by atoms with E-state index < -0.39 is 35.7 Å². The van der Waals surface area contributed by atoms with Crippen molar-refractivity contribution < 1.29 is 38.1 Å². The summed E-state index contributed by atoms with van der Waals surface area (Å²) in [6.45, 7) is 6.66. The summed E-state index contributed by atoms with van der Waals surface area (Å²) < 4.78 is 22.3. The van der Waals surface area contributed by atoms with E-state index in [-0.39, 0.29) is 37.0 Å². The zero-order valence-electron chi connectivity index (χ0n) is 17.8. The molecule has 3 rings (SSSR count). The molecule has 30 heavy (non-hydrogen) atoms. The predicted octanol–water partition coefficient (Wildman–Crippen LogP) is 2.20. The first-order valence-electron chi connectivity index (χ1n) is 10.2. The summed E-state index contributed by atoms with van der Waals surface area (Å²) in [4.78, 5) is 48.1. The lowest BCUT2D eigenvalue weighted by Gasteiger charge is -2.25. The lowest BCUT2D eigenvalue weighted by molar-refractivity contribution is -0.149. The summed E-state index contributed by atoms with van der Waals surface area (Å²) >= 11 is 0. The Hall–Kier alpha value is -2.48. The molecule has 0 radical (unpaired) electrons. The molecule has 0 amide bonds. The van der Waals surface area contributed by atoms with Crippen LogP contribution in [0.1, 0.15) is 53.4 Å². The number of epoxide rings is 1. The number of rotatable bonds is 6. The Balaban J connectivity index is 2.03. The van der Waals surface area contributed by atoms with Crippen molar-refractivity contribution in [3.8, 4) is 0 Å². The van der Waals surface area contributed by atoms with Gasteiger partial charge in [0.05, 0.1) is 11.2 Å². The Labute approximate surface area is 175 Å². The van der Waals surface area contributed by atoms with Gasteiger partial charge in [-0.25, -0.2) is 4.79 Å². The average Bonchev–Trinajstić information content (AvgIpc) is 3.20. The number of fused-ring (bicyclic) bond motifs is 3. The third-order valence-electron chi connectivity index (χ3n) is 5.59. The quantitative estimate of drug-likeness (QED) is 0.278. The largest absolute Gasteiger partial charge is 0.461 e. The van der Waals surface area contributed by atoms with Gasteiger partial charge in [0.15, 0.2) is 6.10 Å². The third kappa shape index (κ3) is 4.80. The third-order valence-corrected chi connectivity index (χ3v) is 5.59. The van der Waals surface area contributed by atoms with Crippen molar-refractivity contribution in [2.24, 2.45) is 5.92 Å². The van der Waals surface area contributed by atoms with Gasteiger partial charge in [-0.2, -0.15) is 0 Å². The van der Waals surface area contributed by atoms with Crippen LogP contribution in [0.3, 0.4) is 0 Å². The minimum absolute atomic E-state index is 0.0833. The highest BCUT2D eigenvalue weighted by Gasteiger charge is 2.61. The summed E-state index contributed by atoms with van der Waals surface area (Å²) in [5.74, 6) is -1.53. The second kappa shape index (κ2) is 8.71. The van der Waals surface area contributed by atoms with Crippen molar-refractivity contribution in [3.63, 3.8) is 0 Å². The van der Waals surface area contributed by atoms with E-state index in [2.05, 4.69) is 0 Å². The maximum Gasteiger partial charge on any atom is 0.338 e. The second-order valence-corrected chi connectivity index (χ2v) is 8.61. The van der Waals surface area contributed by atoms with Crippen LogP contribution in [0, 0.1) is 5.92 Å². The molecular weight excluding hydrogens is 392 g/mol. The van der Waals surface area contributed by atoms with E-state index in [1.165, 1.54) is 6.92 Å². The predicted molar refractivity (Wildman–Crippen MR) is 104 cm³/mol. The van der Waals surface area contributed by atoms with Gasteiger partial charge in [0.1, 0.15) is 25.1 Å². The molecule has 3 aliphatic rings. The van der Waals surface area contributed by atoms with Crippen molar-refractivity contribution >= 4 is 24.2 Å². The molecule has 0 aromatic carbocycles.